The predicted octanol–water partition coefficient (Wildman–Crippen LogP) is 1.07. The van der Waals surface area contributed by atoms with E-state index in [0.29, 0.717) is 26.4 Å². The SMILES string of the molecule is CNCC1(CCOCCOCCOC)CCCOC1. The van der Waals surface area contributed by atoms with Gasteiger partial charge in [-0.25, -0.2) is 0 Å². The molecule has 5 heteroatoms. The van der Waals surface area contributed by atoms with Crippen LogP contribution in [0.3, 0.4) is 0 Å². The molecule has 1 rings (SSSR count). The Kier molecular flexibility index (Phi) is 9.38. The van der Waals surface area contributed by atoms with E-state index in [1.807, 2.05) is 7.05 Å². The maximum atomic E-state index is 5.64. The molecule has 0 aromatic rings. The lowest BCUT2D eigenvalue weighted by atomic mass is 9.79. The van der Waals surface area contributed by atoms with Crippen molar-refractivity contribution in [2.45, 2.75) is 19.3 Å². The first-order valence-electron chi connectivity index (χ1n) is 7.20. The lowest BCUT2D eigenvalue weighted by Gasteiger charge is -2.37. The van der Waals surface area contributed by atoms with E-state index in [-0.39, 0.29) is 5.41 Å². The smallest absolute Gasteiger partial charge is 0.0701 e. The van der Waals surface area contributed by atoms with Crippen LogP contribution in [0, 0.1) is 5.41 Å². The summed E-state index contributed by atoms with van der Waals surface area (Å²) < 4.78 is 21.5. The molecule has 0 saturated carbocycles. The third kappa shape index (κ3) is 7.22. The molecule has 1 aliphatic rings. The quantitative estimate of drug-likeness (QED) is 0.572. The van der Waals surface area contributed by atoms with E-state index < -0.39 is 0 Å². The fourth-order valence-electron chi connectivity index (χ4n) is 2.46. The second kappa shape index (κ2) is 10.6. The van der Waals surface area contributed by atoms with Crippen molar-refractivity contribution in [2.75, 3.05) is 67.0 Å². The molecule has 0 spiro atoms. The average molecular weight is 275 g/mol. The summed E-state index contributed by atoms with van der Waals surface area (Å²) in [4.78, 5) is 0. The molecule has 5 nitrogen and oxygen atoms in total. The van der Waals surface area contributed by atoms with Gasteiger partial charge >= 0.3 is 0 Å². The summed E-state index contributed by atoms with van der Waals surface area (Å²) in [5, 5.41) is 3.28. The zero-order valence-electron chi connectivity index (χ0n) is 12.4. The van der Waals surface area contributed by atoms with E-state index >= 15 is 0 Å². The predicted molar refractivity (Wildman–Crippen MR) is 74.5 cm³/mol. The van der Waals surface area contributed by atoms with Crippen molar-refractivity contribution in [3.63, 3.8) is 0 Å². The Morgan fingerprint density at radius 3 is 2.47 bits per heavy atom. The minimum absolute atomic E-state index is 0.254. The number of nitrogens with one attached hydrogen (secondary N) is 1. The Balaban J connectivity index is 2.05. The third-order valence-corrected chi connectivity index (χ3v) is 3.54. The van der Waals surface area contributed by atoms with E-state index in [1.54, 1.807) is 7.11 Å². The number of hydrogen-bond donors (Lipinski definition) is 1. The summed E-state index contributed by atoms with van der Waals surface area (Å²) in [6.45, 7) is 6.10. The van der Waals surface area contributed by atoms with Crippen molar-refractivity contribution in [3.05, 3.63) is 0 Å². The Morgan fingerprint density at radius 2 is 1.84 bits per heavy atom. The maximum absolute atomic E-state index is 5.64. The molecule has 0 bridgehead atoms. The Bertz CT molecular complexity index is 202. The first-order chi connectivity index (χ1) is 9.33. The fourth-order valence-corrected chi connectivity index (χ4v) is 2.46. The van der Waals surface area contributed by atoms with E-state index in [2.05, 4.69) is 5.32 Å². The fraction of sp³-hybridized carbons (Fsp3) is 1.00. The molecule has 1 heterocycles. The van der Waals surface area contributed by atoms with E-state index in [9.17, 15) is 0 Å². The van der Waals surface area contributed by atoms with Crippen molar-refractivity contribution in [1.29, 1.82) is 0 Å². The molecule has 114 valence electrons. The largest absolute Gasteiger partial charge is 0.382 e. The molecule has 1 fully saturated rings. The highest BCUT2D eigenvalue weighted by Crippen LogP contribution is 2.31. The first kappa shape index (κ1) is 16.9. The van der Waals surface area contributed by atoms with Crippen LogP contribution in [0.25, 0.3) is 0 Å². The van der Waals surface area contributed by atoms with Crippen molar-refractivity contribution < 1.29 is 18.9 Å². The number of rotatable bonds is 11. The Morgan fingerprint density at radius 1 is 1.11 bits per heavy atom. The standard InChI is InChI=1S/C14H29NO4/c1-15-12-14(4-3-6-19-13-14)5-7-17-10-11-18-9-8-16-2/h15H,3-13H2,1-2H3. The van der Waals surface area contributed by atoms with Gasteiger partial charge in [0, 0.05) is 32.3 Å². The highest BCUT2D eigenvalue weighted by Gasteiger charge is 2.31. The second-order valence-electron chi connectivity index (χ2n) is 5.15. The van der Waals surface area contributed by atoms with Crippen LogP contribution in [0.1, 0.15) is 19.3 Å². The highest BCUT2D eigenvalue weighted by atomic mass is 16.5. The molecule has 1 saturated heterocycles. The zero-order valence-corrected chi connectivity index (χ0v) is 12.4. The highest BCUT2D eigenvalue weighted by molar-refractivity contribution is 4.83. The molecule has 1 aliphatic heterocycles. The lowest BCUT2D eigenvalue weighted by Crippen LogP contribution is -2.41. The average Bonchev–Trinajstić information content (AvgIpc) is 2.43. The van der Waals surface area contributed by atoms with Gasteiger partial charge in [0.1, 0.15) is 0 Å². The van der Waals surface area contributed by atoms with Crippen LogP contribution in [-0.4, -0.2) is 67.0 Å². The van der Waals surface area contributed by atoms with Gasteiger partial charge in [0.15, 0.2) is 0 Å². The van der Waals surface area contributed by atoms with Crippen LogP contribution >= 0.6 is 0 Å². The number of hydrogen-bond acceptors (Lipinski definition) is 5. The molecule has 19 heavy (non-hydrogen) atoms. The van der Waals surface area contributed by atoms with Gasteiger partial charge in [-0.05, 0) is 26.3 Å². The summed E-state index contributed by atoms with van der Waals surface area (Å²) in [5.74, 6) is 0. The van der Waals surface area contributed by atoms with E-state index in [1.165, 1.54) is 6.42 Å². The van der Waals surface area contributed by atoms with Crippen LogP contribution < -0.4 is 5.32 Å². The van der Waals surface area contributed by atoms with Gasteiger partial charge in [-0.1, -0.05) is 0 Å². The summed E-state index contributed by atoms with van der Waals surface area (Å²) >= 11 is 0. The minimum Gasteiger partial charge on any atom is -0.382 e. The van der Waals surface area contributed by atoms with Gasteiger partial charge < -0.3 is 24.3 Å². The molecular formula is C14H29NO4. The van der Waals surface area contributed by atoms with Gasteiger partial charge in [0.25, 0.3) is 0 Å². The maximum Gasteiger partial charge on any atom is 0.0701 e. The lowest BCUT2D eigenvalue weighted by molar-refractivity contribution is -0.0329. The Labute approximate surface area is 116 Å². The molecule has 1 N–H and O–H groups in total. The van der Waals surface area contributed by atoms with Crippen LogP contribution in [0.15, 0.2) is 0 Å². The van der Waals surface area contributed by atoms with E-state index in [0.717, 1.165) is 39.2 Å². The monoisotopic (exact) mass is 275 g/mol. The van der Waals surface area contributed by atoms with Gasteiger partial charge in [-0.2, -0.15) is 0 Å². The second-order valence-corrected chi connectivity index (χ2v) is 5.15. The summed E-state index contributed by atoms with van der Waals surface area (Å²) in [7, 11) is 3.67. The van der Waals surface area contributed by atoms with Crippen molar-refractivity contribution in [1.82, 2.24) is 5.32 Å². The van der Waals surface area contributed by atoms with Crippen molar-refractivity contribution in [3.8, 4) is 0 Å². The van der Waals surface area contributed by atoms with Gasteiger partial charge in [-0.3, -0.25) is 0 Å². The van der Waals surface area contributed by atoms with Crippen LogP contribution in [0.4, 0.5) is 0 Å². The third-order valence-electron chi connectivity index (χ3n) is 3.54. The minimum atomic E-state index is 0.254. The molecule has 0 amide bonds. The van der Waals surface area contributed by atoms with E-state index in [4.69, 9.17) is 18.9 Å². The zero-order chi connectivity index (χ0) is 13.8. The molecule has 0 aromatic carbocycles. The number of methoxy groups -OCH3 is 1. The summed E-state index contributed by atoms with van der Waals surface area (Å²) in [5.41, 5.74) is 0.254. The van der Waals surface area contributed by atoms with Crippen LogP contribution in [0.5, 0.6) is 0 Å². The van der Waals surface area contributed by atoms with Crippen LogP contribution in [0.2, 0.25) is 0 Å². The normalized spacial score (nSPS) is 23.7. The number of ether oxygens (including phenoxy) is 4. The molecule has 1 unspecified atom stereocenters. The summed E-state index contributed by atoms with van der Waals surface area (Å²) in [6.07, 6.45) is 3.43. The molecule has 0 aliphatic carbocycles. The van der Waals surface area contributed by atoms with Crippen LogP contribution in [-0.2, 0) is 18.9 Å². The molecule has 1 atom stereocenters. The molecular weight excluding hydrogens is 246 g/mol. The van der Waals surface area contributed by atoms with Gasteiger partial charge in [-0.15, -0.1) is 0 Å². The van der Waals surface area contributed by atoms with Crippen molar-refractivity contribution >= 4 is 0 Å². The molecule has 0 aromatic heterocycles. The summed E-state index contributed by atoms with van der Waals surface area (Å²) in [6, 6.07) is 0. The Hall–Kier alpha value is -0.200. The first-order valence-corrected chi connectivity index (χ1v) is 7.20. The van der Waals surface area contributed by atoms with Gasteiger partial charge in [0.05, 0.1) is 33.0 Å². The van der Waals surface area contributed by atoms with Crippen molar-refractivity contribution in [2.24, 2.45) is 5.41 Å². The van der Waals surface area contributed by atoms with Gasteiger partial charge in [0.2, 0.25) is 0 Å². The molecule has 0 radical (unpaired) electrons. The topological polar surface area (TPSA) is 49.0 Å².